The smallest absolute Gasteiger partial charge is 0.245 e. The van der Waals surface area contributed by atoms with E-state index < -0.39 is 22.5 Å². The number of hydrogen-bond donors (Lipinski definition) is 1. The second-order valence-corrected chi connectivity index (χ2v) is 8.05. The first kappa shape index (κ1) is 18.9. The zero-order chi connectivity index (χ0) is 17.9. The summed E-state index contributed by atoms with van der Waals surface area (Å²) in [6, 6.07) is 11.0. The van der Waals surface area contributed by atoms with E-state index in [9.17, 15) is 13.2 Å². The minimum Gasteiger partial charge on any atom is -0.322 e. The maximum atomic E-state index is 12.3. The number of carbonyl (C=O) groups is 1. The van der Waals surface area contributed by atoms with E-state index in [1.807, 2.05) is 0 Å². The van der Waals surface area contributed by atoms with Crippen molar-refractivity contribution in [3.05, 3.63) is 57.5 Å². The normalized spacial score (nSPS) is 11.2. The van der Waals surface area contributed by atoms with Crippen LogP contribution in [0.15, 0.2) is 42.5 Å². The molecule has 2 aromatic carbocycles. The van der Waals surface area contributed by atoms with Crippen molar-refractivity contribution in [3.8, 4) is 0 Å². The lowest BCUT2D eigenvalue weighted by atomic mass is 10.3. The van der Waals surface area contributed by atoms with Crippen molar-refractivity contribution in [2.75, 3.05) is 22.4 Å². The average Bonchev–Trinajstić information content (AvgIpc) is 2.47. The Morgan fingerprint density at radius 1 is 1.08 bits per heavy atom. The molecule has 0 aliphatic carbocycles. The molecule has 0 aliphatic rings. The van der Waals surface area contributed by atoms with E-state index in [2.05, 4.69) is 5.32 Å². The topological polar surface area (TPSA) is 66.5 Å². The molecule has 0 bridgehead atoms. The lowest BCUT2D eigenvalue weighted by Crippen LogP contribution is -2.37. The molecule has 0 heterocycles. The summed E-state index contributed by atoms with van der Waals surface area (Å²) in [5.41, 5.74) is 0.510. The molecule has 9 heteroatoms. The van der Waals surface area contributed by atoms with E-state index in [1.54, 1.807) is 36.4 Å². The molecule has 0 saturated heterocycles. The summed E-state index contributed by atoms with van der Waals surface area (Å²) >= 11 is 17.9. The molecule has 0 aromatic heterocycles. The number of amides is 1. The number of carbonyl (C=O) groups excluding carboxylic acids is 1. The van der Waals surface area contributed by atoms with Gasteiger partial charge < -0.3 is 5.32 Å². The van der Waals surface area contributed by atoms with Crippen molar-refractivity contribution in [2.24, 2.45) is 0 Å². The number of nitrogens with zero attached hydrogens (tertiary/aromatic N) is 1. The predicted octanol–water partition coefficient (Wildman–Crippen LogP) is 4.05. The number of hydrogen-bond acceptors (Lipinski definition) is 3. The van der Waals surface area contributed by atoms with E-state index in [0.717, 1.165) is 10.6 Å². The van der Waals surface area contributed by atoms with Crippen LogP contribution in [-0.2, 0) is 14.8 Å². The number of sulfonamides is 1. The Labute approximate surface area is 155 Å². The third kappa shape index (κ3) is 4.77. The second kappa shape index (κ2) is 7.61. The van der Waals surface area contributed by atoms with Crippen LogP contribution >= 0.6 is 34.8 Å². The molecule has 24 heavy (non-hydrogen) atoms. The molecule has 0 atom stereocenters. The molecule has 0 radical (unpaired) electrons. The fourth-order valence-electron chi connectivity index (χ4n) is 1.96. The quantitative estimate of drug-likeness (QED) is 0.813. The van der Waals surface area contributed by atoms with Crippen molar-refractivity contribution in [1.82, 2.24) is 0 Å². The van der Waals surface area contributed by atoms with Gasteiger partial charge in [-0.25, -0.2) is 8.42 Å². The van der Waals surface area contributed by atoms with E-state index in [0.29, 0.717) is 5.02 Å². The highest BCUT2D eigenvalue weighted by molar-refractivity contribution is 7.92. The zero-order valence-corrected chi connectivity index (χ0v) is 15.5. The molecule has 0 unspecified atom stereocenters. The predicted molar refractivity (Wildman–Crippen MR) is 98.7 cm³/mol. The van der Waals surface area contributed by atoms with Gasteiger partial charge in [0.1, 0.15) is 6.54 Å². The van der Waals surface area contributed by atoms with Gasteiger partial charge in [-0.2, -0.15) is 0 Å². The van der Waals surface area contributed by atoms with Crippen molar-refractivity contribution in [1.29, 1.82) is 0 Å². The summed E-state index contributed by atoms with van der Waals surface area (Å²) in [4.78, 5) is 12.3. The van der Waals surface area contributed by atoms with Gasteiger partial charge in [0.05, 0.1) is 27.7 Å². The van der Waals surface area contributed by atoms with Gasteiger partial charge in [0.15, 0.2) is 0 Å². The van der Waals surface area contributed by atoms with Crippen molar-refractivity contribution >= 4 is 62.1 Å². The number of nitrogens with one attached hydrogen (secondary N) is 1. The van der Waals surface area contributed by atoms with Gasteiger partial charge in [0, 0.05) is 5.02 Å². The number of anilines is 2. The highest BCUT2D eigenvalue weighted by atomic mass is 35.5. The van der Waals surface area contributed by atoms with Crippen LogP contribution in [0, 0.1) is 0 Å². The van der Waals surface area contributed by atoms with Gasteiger partial charge in [0.25, 0.3) is 0 Å². The van der Waals surface area contributed by atoms with E-state index >= 15 is 0 Å². The first-order valence-electron chi connectivity index (χ1n) is 6.65. The Kier molecular flexibility index (Phi) is 5.98. The summed E-state index contributed by atoms with van der Waals surface area (Å²) in [5, 5.41) is 3.39. The van der Waals surface area contributed by atoms with E-state index in [-0.39, 0.29) is 21.4 Å². The van der Waals surface area contributed by atoms with Gasteiger partial charge in [-0.3, -0.25) is 9.10 Å². The Balaban J connectivity index is 2.26. The molecule has 2 aromatic rings. The molecule has 0 aliphatic heterocycles. The number of benzene rings is 2. The van der Waals surface area contributed by atoms with Crippen molar-refractivity contribution in [2.45, 2.75) is 0 Å². The Bertz CT molecular complexity index is 852. The molecule has 5 nitrogen and oxygen atoms in total. The minimum absolute atomic E-state index is 0.227. The zero-order valence-electron chi connectivity index (χ0n) is 12.5. The fraction of sp³-hybridized carbons (Fsp3) is 0.133. The standard InChI is InChI=1S/C15H13Cl3N2O3S/c1-24(22,23)20(11-5-2-4-10(16)8-11)9-14(21)19-15-12(17)6-3-7-13(15)18/h2-8H,9H2,1H3,(H,19,21). The van der Waals surface area contributed by atoms with E-state index in [4.69, 9.17) is 34.8 Å². The SMILES string of the molecule is CS(=O)(=O)N(CC(=O)Nc1c(Cl)cccc1Cl)c1cccc(Cl)c1. The van der Waals surface area contributed by atoms with Crippen LogP contribution in [0.5, 0.6) is 0 Å². The molecular formula is C15H13Cl3N2O3S. The first-order chi connectivity index (χ1) is 11.2. The van der Waals surface area contributed by atoms with Gasteiger partial charge in [-0.15, -0.1) is 0 Å². The van der Waals surface area contributed by atoms with Gasteiger partial charge in [-0.05, 0) is 30.3 Å². The molecule has 0 saturated carbocycles. The van der Waals surface area contributed by atoms with Gasteiger partial charge in [-0.1, -0.05) is 46.9 Å². The fourth-order valence-corrected chi connectivity index (χ4v) is 3.48. The van der Waals surface area contributed by atoms with Crippen LogP contribution in [0.2, 0.25) is 15.1 Å². The largest absolute Gasteiger partial charge is 0.322 e. The molecule has 0 spiro atoms. The lowest BCUT2D eigenvalue weighted by Gasteiger charge is -2.22. The third-order valence-electron chi connectivity index (χ3n) is 3.01. The molecule has 1 amide bonds. The number of halogens is 3. The second-order valence-electron chi connectivity index (χ2n) is 4.89. The van der Waals surface area contributed by atoms with Crippen LogP contribution in [0.1, 0.15) is 0 Å². The average molecular weight is 408 g/mol. The lowest BCUT2D eigenvalue weighted by molar-refractivity contribution is -0.114. The molecule has 2 rings (SSSR count). The van der Waals surface area contributed by atoms with Crippen LogP contribution < -0.4 is 9.62 Å². The highest BCUT2D eigenvalue weighted by Gasteiger charge is 2.22. The van der Waals surface area contributed by atoms with Crippen LogP contribution in [-0.4, -0.2) is 27.1 Å². The molecule has 0 fully saturated rings. The summed E-state index contributed by atoms with van der Waals surface area (Å²) < 4.78 is 25.0. The summed E-state index contributed by atoms with van der Waals surface area (Å²) in [7, 11) is -3.69. The van der Waals surface area contributed by atoms with Gasteiger partial charge >= 0.3 is 0 Å². The maximum Gasteiger partial charge on any atom is 0.245 e. The summed E-state index contributed by atoms with van der Waals surface area (Å²) in [6.45, 7) is -0.444. The third-order valence-corrected chi connectivity index (χ3v) is 5.02. The molecule has 1 N–H and O–H groups in total. The highest BCUT2D eigenvalue weighted by Crippen LogP contribution is 2.30. The van der Waals surface area contributed by atoms with Crippen molar-refractivity contribution in [3.63, 3.8) is 0 Å². The Morgan fingerprint density at radius 3 is 2.21 bits per heavy atom. The first-order valence-corrected chi connectivity index (χ1v) is 9.64. The van der Waals surface area contributed by atoms with E-state index in [1.165, 1.54) is 6.07 Å². The maximum absolute atomic E-state index is 12.3. The van der Waals surface area contributed by atoms with Crippen LogP contribution in [0.25, 0.3) is 0 Å². The number of para-hydroxylation sites is 1. The Hall–Kier alpha value is -1.47. The summed E-state index contributed by atoms with van der Waals surface area (Å²) in [5.74, 6) is -0.588. The van der Waals surface area contributed by atoms with Crippen LogP contribution in [0.3, 0.4) is 0 Å². The molecule has 128 valence electrons. The Morgan fingerprint density at radius 2 is 1.67 bits per heavy atom. The minimum atomic E-state index is -3.69. The van der Waals surface area contributed by atoms with Crippen LogP contribution in [0.4, 0.5) is 11.4 Å². The number of rotatable bonds is 5. The monoisotopic (exact) mass is 406 g/mol. The van der Waals surface area contributed by atoms with Gasteiger partial charge in [0.2, 0.25) is 15.9 Å². The molecular weight excluding hydrogens is 395 g/mol. The summed E-state index contributed by atoms with van der Waals surface area (Å²) in [6.07, 6.45) is 1.00. The van der Waals surface area contributed by atoms with Crippen molar-refractivity contribution < 1.29 is 13.2 Å².